The van der Waals surface area contributed by atoms with E-state index in [9.17, 15) is 17.6 Å². The maximum absolute atomic E-state index is 13.7. The number of halogens is 1. The molecule has 8 heteroatoms. The molecule has 0 spiro atoms. The van der Waals surface area contributed by atoms with Crippen molar-refractivity contribution in [2.24, 2.45) is 0 Å². The number of nitrogens with zero attached hydrogens (tertiary/aromatic N) is 1. The number of hydrogen-bond donors (Lipinski definition) is 2. The third kappa shape index (κ3) is 6.01. The largest absolute Gasteiger partial charge is 0.350 e. The lowest BCUT2D eigenvalue weighted by atomic mass is 10.2. The summed E-state index contributed by atoms with van der Waals surface area (Å²) < 4.78 is 41.2. The molecule has 0 saturated carbocycles. The molecule has 0 bridgehead atoms. The zero-order chi connectivity index (χ0) is 21.6. The van der Waals surface area contributed by atoms with Crippen molar-refractivity contribution in [1.82, 2.24) is 10.2 Å². The van der Waals surface area contributed by atoms with Gasteiger partial charge in [0.25, 0.3) is 15.9 Å². The second kappa shape index (κ2) is 9.84. The van der Waals surface area contributed by atoms with E-state index in [0.29, 0.717) is 17.7 Å². The average Bonchev–Trinajstić information content (AvgIpc) is 2.69. The lowest BCUT2D eigenvalue weighted by molar-refractivity contribution is 0.0938. The summed E-state index contributed by atoms with van der Waals surface area (Å²) in [7, 11) is -3.97. The third-order valence-electron chi connectivity index (χ3n) is 4.82. The van der Waals surface area contributed by atoms with Gasteiger partial charge in [-0.3, -0.25) is 14.4 Å². The fourth-order valence-corrected chi connectivity index (χ4v) is 4.06. The first-order chi connectivity index (χ1) is 13.7. The van der Waals surface area contributed by atoms with Crippen molar-refractivity contribution >= 4 is 21.6 Å². The minimum absolute atomic E-state index is 0.177. The Morgan fingerprint density at radius 1 is 1.14 bits per heavy atom. The Hall–Kier alpha value is -2.45. The van der Waals surface area contributed by atoms with Gasteiger partial charge < -0.3 is 5.32 Å². The number of likely N-dealkylation sites (N-methyl/N-ethyl adjacent to an activating group) is 1. The summed E-state index contributed by atoms with van der Waals surface area (Å²) >= 11 is 0. The highest BCUT2D eigenvalue weighted by Gasteiger charge is 2.17. The first kappa shape index (κ1) is 22.8. The molecule has 2 N–H and O–H groups in total. The fourth-order valence-electron chi connectivity index (χ4n) is 3.00. The summed E-state index contributed by atoms with van der Waals surface area (Å²) in [5.41, 5.74) is 0.934. The van der Waals surface area contributed by atoms with Gasteiger partial charge in [0.2, 0.25) is 0 Å². The lowest BCUT2D eigenvalue weighted by Crippen LogP contribution is -2.42. The standard InChI is InChI=1S/C21H28FN3O3S/c1-5-25(6-2)16(4)14-23-21(26)17-8-7-9-18(12-17)24-29(27,28)19-11-10-15(3)20(22)13-19/h7-13,16,24H,5-6,14H2,1-4H3,(H,23,26). The van der Waals surface area contributed by atoms with Gasteiger partial charge in [-0.25, -0.2) is 12.8 Å². The molecule has 158 valence electrons. The second-order valence-electron chi connectivity index (χ2n) is 6.88. The van der Waals surface area contributed by atoms with Crippen LogP contribution in [0.1, 0.15) is 36.7 Å². The minimum Gasteiger partial charge on any atom is -0.350 e. The van der Waals surface area contributed by atoms with Gasteiger partial charge >= 0.3 is 0 Å². The van der Waals surface area contributed by atoms with Crippen molar-refractivity contribution in [3.8, 4) is 0 Å². The normalized spacial score (nSPS) is 12.6. The average molecular weight is 422 g/mol. The predicted molar refractivity (Wildman–Crippen MR) is 113 cm³/mol. The summed E-state index contributed by atoms with van der Waals surface area (Å²) in [5.74, 6) is -0.880. The van der Waals surface area contributed by atoms with Crippen molar-refractivity contribution < 1.29 is 17.6 Å². The number of sulfonamides is 1. The van der Waals surface area contributed by atoms with Crippen LogP contribution in [0.3, 0.4) is 0 Å². The van der Waals surface area contributed by atoms with Gasteiger partial charge in [0.05, 0.1) is 4.90 Å². The molecule has 0 aliphatic carbocycles. The first-order valence-corrected chi connectivity index (χ1v) is 11.1. The topological polar surface area (TPSA) is 78.5 Å². The van der Waals surface area contributed by atoms with Gasteiger partial charge in [-0.1, -0.05) is 26.0 Å². The summed E-state index contributed by atoms with van der Waals surface area (Å²) in [6.07, 6.45) is 0. The van der Waals surface area contributed by atoms with Crippen molar-refractivity contribution in [2.75, 3.05) is 24.4 Å². The molecule has 0 aliphatic rings. The van der Waals surface area contributed by atoms with Crippen molar-refractivity contribution in [2.45, 2.75) is 38.6 Å². The zero-order valence-electron chi connectivity index (χ0n) is 17.2. The molecular formula is C21H28FN3O3S. The summed E-state index contributed by atoms with van der Waals surface area (Å²) in [6, 6.07) is 10.1. The number of carbonyl (C=O) groups excluding carboxylic acids is 1. The molecule has 0 heterocycles. The van der Waals surface area contributed by atoms with Gasteiger partial charge in [-0.05, 0) is 62.8 Å². The molecule has 0 aliphatic heterocycles. The van der Waals surface area contributed by atoms with Crippen LogP contribution in [-0.2, 0) is 10.0 Å². The predicted octanol–water partition coefficient (Wildman–Crippen LogP) is 3.40. The molecule has 1 amide bonds. The summed E-state index contributed by atoms with van der Waals surface area (Å²) in [5, 5.41) is 2.88. The maximum atomic E-state index is 13.7. The number of nitrogens with one attached hydrogen (secondary N) is 2. The third-order valence-corrected chi connectivity index (χ3v) is 6.20. The smallest absolute Gasteiger partial charge is 0.261 e. The highest BCUT2D eigenvalue weighted by Crippen LogP contribution is 2.19. The van der Waals surface area contributed by atoms with Gasteiger partial charge in [0.15, 0.2) is 0 Å². The molecule has 2 aromatic carbocycles. The number of anilines is 1. The van der Waals surface area contributed by atoms with E-state index in [-0.39, 0.29) is 22.5 Å². The number of aryl methyl sites for hydroxylation is 1. The van der Waals surface area contributed by atoms with Gasteiger partial charge in [-0.15, -0.1) is 0 Å². The summed E-state index contributed by atoms with van der Waals surface area (Å²) in [6.45, 7) is 10.0. The van der Waals surface area contributed by atoms with Crippen molar-refractivity contribution in [3.63, 3.8) is 0 Å². The molecule has 0 radical (unpaired) electrons. The molecule has 29 heavy (non-hydrogen) atoms. The quantitative estimate of drug-likeness (QED) is 0.651. The number of amides is 1. The van der Waals surface area contributed by atoms with Crippen LogP contribution in [0.4, 0.5) is 10.1 Å². The second-order valence-corrected chi connectivity index (χ2v) is 8.56. The van der Waals surface area contributed by atoms with E-state index in [4.69, 9.17) is 0 Å². The number of benzene rings is 2. The number of rotatable bonds is 9. The number of hydrogen-bond acceptors (Lipinski definition) is 4. The van der Waals surface area contributed by atoms with Crippen LogP contribution < -0.4 is 10.0 Å². The molecule has 1 atom stereocenters. The maximum Gasteiger partial charge on any atom is 0.261 e. The fraction of sp³-hybridized carbons (Fsp3) is 0.381. The molecule has 2 rings (SSSR count). The molecule has 6 nitrogen and oxygen atoms in total. The first-order valence-electron chi connectivity index (χ1n) is 9.59. The van der Waals surface area contributed by atoms with E-state index < -0.39 is 15.8 Å². The SMILES string of the molecule is CCN(CC)C(C)CNC(=O)c1cccc(NS(=O)(=O)c2ccc(C)c(F)c2)c1. The highest BCUT2D eigenvalue weighted by molar-refractivity contribution is 7.92. The van der Waals surface area contributed by atoms with E-state index in [2.05, 4.69) is 28.8 Å². The van der Waals surface area contributed by atoms with Crippen molar-refractivity contribution in [1.29, 1.82) is 0 Å². The highest BCUT2D eigenvalue weighted by atomic mass is 32.2. The molecule has 0 aromatic heterocycles. The molecule has 0 saturated heterocycles. The number of carbonyl (C=O) groups is 1. The Morgan fingerprint density at radius 3 is 2.45 bits per heavy atom. The monoisotopic (exact) mass is 421 g/mol. The van der Waals surface area contributed by atoms with Crippen LogP contribution in [0.5, 0.6) is 0 Å². The van der Waals surface area contributed by atoms with Crippen LogP contribution >= 0.6 is 0 Å². The van der Waals surface area contributed by atoms with E-state index in [1.54, 1.807) is 19.1 Å². The molecule has 2 aromatic rings. The zero-order valence-corrected chi connectivity index (χ0v) is 18.0. The van der Waals surface area contributed by atoms with E-state index in [0.717, 1.165) is 19.2 Å². The Bertz CT molecular complexity index is 959. The van der Waals surface area contributed by atoms with Gasteiger partial charge in [-0.2, -0.15) is 0 Å². The van der Waals surface area contributed by atoms with E-state index in [1.807, 2.05) is 6.92 Å². The Balaban J connectivity index is 2.10. The van der Waals surface area contributed by atoms with Crippen LogP contribution in [0, 0.1) is 12.7 Å². The van der Waals surface area contributed by atoms with Crippen molar-refractivity contribution in [3.05, 3.63) is 59.4 Å². The minimum atomic E-state index is -3.97. The lowest BCUT2D eigenvalue weighted by Gasteiger charge is -2.26. The van der Waals surface area contributed by atoms with Crippen LogP contribution in [0.15, 0.2) is 47.4 Å². The van der Waals surface area contributed by atoms with Crippen LogP contribution in [0.25, 0.3) is 0 Å². The Morgan fingerprint density at radius 2 is 1.83 bits per heavy atom. The Labute approximate surface area is 172 Å². The molecule has 1 unspecified atom stereocenters. The van der Waals surface area contributed by atoms with E-state index >= 15 is 0 Å². The van der Waals surface area contributed by atoms with Crippen LogP contribution in [0.2, 0.25) is 0 Å². The van der Waals surface area contributed by atoms with E-state index in [1.165, 1.54) is 24.3 Å². The van der Waals surface area contributed by atoms with Gasteiger partial charge in [0, 0.05) is 23.8 Å². The summed E-state index contributed by atoms with van der Waals surface area (Å²) in [4.78, 5) is 14.5. The Kier molecular flexibility index (Phi) is 7.75. The van der Waals surface area contributed by atoms with Gasteiger partial charge in [0.1, 0.15) is 5.82 Å². The molecular weight excluding hydrogens is 393 g/mol. The molecule has 0 fully saturated rings. The van der Waals surface area contributed by atoms with Crippen LogP contribution in [-0.4, -0.2) is 44.9 Å².